The molecule has 0 fully saturated rings. The molecule has 0 bridgehead atoms. The molecule has 0 aromatic heterocycles. The highest BCUT2D eigenvalue weighted by atomic mass is 16.7. The molecule has 0 radical (unpaired) electrons. The van der Waals surface area contributed by atoms with E-state index in [1.807, 2.05) is 32.1 Å². The fraction of sp³-hybridized carbons (Fsp3) is 0.583. The molecule has 0 aliphatic rings. The van der Waals surface area contributed by atoms with Gasteiger partial charge in [0.25, 0.3) is 11.7 Å². The van der Waals surface area contributed by atoms with Crippen molar-refractivity contribution in [2.24, 2.45) is 5.73 Å². The van der Waals surface area contributed by atoms with Crippen molar-refractivity contribution in [3.63, 3.8) is 0 Å². The van der Waals surface area contributed by atoms with Crippen molar-refractivity contribution in [3.05, 3.63) is 23.8 Å². The largest absolute Gasteiger partial charge is 0.347 e. The van der Waals surface area contributed by atoms with Crippen molar-refractivity contribution in [2.45, 2.75) is 19.6 Å². The minimum Gasteiger partial charge on any atom is -0.347 e. The fourth-order valence-electron chi connectivity index (χ4n) is 1.32. The summed E-state index contributed by atoms with van der Waals surface area (Å²) in [5.74, 6) is -1.79. The lowest BCUT2D eigenvalue weighted by Gasteiger charge is -2.27. The van der Waals surface area contributed by atoms with Crippen LogP contribution in [0.5, 0.6) is 0 Å². The molecule has 5 heteroatoms. The highest BCUT2D eigenvalue weighted by Gasteiger charge is 2.37. The van der Waals surface area contributed by atoms with Crippen LogP contribution in [0.15, 0.2) is 23.8 Å². The van der Waals surface area contributed by atoms with E-state index in [2.05, 4.69) is 5.32 Å². The first kappa shape index (κ1) is 15.8. The maximum absolute atomic E-state index is 11.9. The highest BCUT2D eigenvalue weighted by Crippen LogP contribution is 2.09. The van der Waals surface area contributed by atoms with Gasteiger partial charge in [-0.1, -0.05) is 18.2 Å². The van der Waals surface area contributed by atoms with Gasteiger partial charge in [0, 0.05) is 20.8 Å². The van der Waals surface area contributed by atoms with Gasteiger partial charge in [0.05, 0.1) is 6.54 Å². The van der Waals surface area contributed by atoms with Gasteiger partial charge < -0.3 is 20.5 Å². The first-order valence-electron chi connectivity index (χ1n) is 5.46. The monoisotopic (exact) mass is 242 g/mol. The normalized spacial score (nSPS) is 13.1. The zero-order chi connectivity index (χ0) is 13.3. The van der Waals surface area contributed by atoms with Crippen LogP contribution in [-0.2, 0) is 14.3 Å². The summed E-state index contributed by atoms with van der Waals surface area (Å²) in [5.41, 5.74) is 6.49. The van der Waals surface area contributed by atoms with Crippen LogP contribution in [0.25, 0.3) is 0 Å². The Morgan fingerprint density at radius 3 is 2.29 bits per heavy atom. The van der Waals surface area contributed by atoms with E-state index in [0.717, 1.165) is 5.57 Å². The van der Waals surface area contributed by atoms with E-state index in [4.69, 9.17) is 15.2 Å². The van der Waals surface area contributed by atoms with Crippen molar-refractivity contribution in [1.82, 2.24) is 5.32 Å². The molecule has 0 atom stereocenters. The minimum absolute atomic E-state index is 0.0410. The summed E-state index contributed by atoms with van der Waals surface area (Å²) in [5, 5.41) is 2.72. The molecule has 0 rings (SSSR count). The summed E-state index contributed by atoms with van der Waals surface area (Å²) in [6.45, 7) is 4.19. The van der Waals surface area contributed by atoms with Crippen molar-refractivity contribution in [2.75, 3.05) is 27.3 Å². The van der Waals surface area contributed by atoms with Crippen LogP contribution < -0.4 is 11.1 Å². The third kappa shape index (κ3) is 4.30. The Morgan fingerprint density at radius 2 is 1.94 bits per heavy atom. The predicted molar refractivity (Wildman–Crippen MR) is 67.4 cm³/mol. The minimum atomic E-state index is -1.41. The molecule has 0 spiro atoms. The van der Waals surface area contributed by atoms with Crippen molar-refractivity contribution < 1.29 is 14.3 Å². The average molecular weight is 242 g/mol. The Morgan fingerprint density at radius 1 is 1.35 bits per heavy atom. The smallest absolute Gasteiger partial charge is 0.281 e. The first-order chi connectivity index (χ1) is 8.10. The lowest BCUT2D eigenvalue weighted by atomic mass is 10.2. The van der Waals surface area contributed by atoms with Gasteiger partial charge >= 0.3 is 0 Å². The van der Waals surface area contributed by atoms with Crippen molar-refractivity contribution >= 4 is 5.91 Å². The fourth-order valence-corrected chi connectivity index (χ4v) is 1.32. The average Bonchev–Trinajstić information content (AvgIpc) is 2.37. The third-order valence-corrected chi connectivity index (χ3v) is 2.48. The predicted octanol–water partition coefficient (Wildman–Crippen LogP) is 0.573. The van der Waals surface area contributed by atoms with Crippen LogP contribution in [0.3, 0.4) is 0 Å². The van der Waals surface area contributed by atoms with Crippen LogP contribution in [0, 0.1) is 0 Å². The zero-order valence-electron chi connectivity index (χ0n) is 10.9. The number of methoxy groups -OCH3 is 2. The number of amides is 1. The number of rotatable bonds is 7. The number of hydrogen-bond acceptors (Lipinski definition) is 4. The molecule has 0 saturated heterocycles. The van der Waals surface area contributed by atoms with E-state index in [1.54, 1.807) is 0 Å². The number of nitrogens with two attached hydrogens (primary N) is 1. The number of carbonyl (C=O) groups excluding carboxylic acids is 1. The van der Waals surface area contributed by atoms with E-state index in [1.165, 1.54) is 14.2 Å². The maximum atomic E-state index is 11.9. The standard InChI is InChI=1S/C12H22N2O3/c1-5-7-10(6-2)8-14-11(15)12(9-13,16-3)17-4/h5-7H,8-9,13H2,1-4H3,(H,14,15). The summed E-state index contributed by atoms with van der Waals surface area (Å²) in [6.07, 6.45) is 5.75. The molecule has 3 N–H and O–H groups in total. The second kappa shape index (κ2) is 8.00. The Bertz CT molecular complexity index is 286. The number of ether oxygens (including phenoxy) is 2. The van der Waals surface area contributed by atoms with Crippen LogP contribution in [0.4, 0.5) is 0 Å². The van der Waals surface area contributed by atoms with Gasteiger partial charge in [-0.25, -0.2) is 0 Å². The third-order valence-electron chi connectivity index (χ3n) is 2.48. The molecule has 98 valence electrons. The molecule has 0 heterocycles. The quantitative estimate of drug-likeness (QED) is 0.506. The SMILES string of the molecule is CC=CC(=CC)CNC(=O)C(CN)(OC)OC. The van der Waals surface area contributed by atoms with Gasteiger partial charge in [-0.2, -0.15) is 0 Å². The molecule has 0 aliphatic carbocycles. The summed E-state index contributed by atoms with van der Waals surface area (Å²) in [7, 11) is 2.77. The molecule has 0 saturated carbocycles. The summed E-state index contributed by atoms with van der Waals surface area (Å²) < 4.78 is 10.1. The number of hydrogen-bond donors (Lipinski definition) is 2. The number of allylic oxidation sites excluding steroid dienone is 2. The van der Waals surface area contributed by atoms with Gasteiger partial charge in [0.2, 0.25) is 0 Å². The summed E-state index contributed by atoms with van der Waals surface area (Å²) in [4.78, 5) is 11.9. The van der Waals surface area contributed by atoms with Gasteiger partial charge in [-0.3, -0.25) is 4.79 Å². The van der Waals surface area contributed by atoms with Gasteiger partial charge in [-0.05, 0) is 19.4 Å². The van der Waals surface area contributed by atoms with Crippen molar-refractivity contribution in [3.8, 4) is 0 Å². The van der Waals surface area contributed by atoms with E-state index in [-0.39, 0.29) is 12.5 Å². The molecule has 5 nitrogen and oxygen atoms in total. The lowest BCUT2D eigenvalue weighted by Crippen LogP contribution is -2.55. The summed E-state index contributed by atoms with van der Waals surface area (Å²) >= 11 is 0. The zero-order valence-corrected chi connectivity index (χ0v) is 10.9. The highest BCUT2D eigenvalue weighted by molar-refractivity contribution is 5.84. The Labute approximate surface area is 103 Å². The second-order valence-electron chi connectivity index (χ2n) is 3.41. The lowest BCUT2D eigenvalue weighted by molar-refractivity contribution is -0.204. The molecular weight excluding hydrogens is 220 g/mol. The Balaban J connectivity index is 4.53. The molecule has 0 aliphatic heterocycles. The summed E-state index contributed by atoms with van der Waals surface area (Å²) in [6, 6.07) is 0. The molecule has 0 unspecified atom stereocenters. The number of nitrogens with one attached hydrogen (secondary N) is 1. The van der Waals surface area contributed by atoms with Crippen LogP contribution in [0.1, 0.15) is 13.8 Å². The van der Waals surface area contributed by atoms with Crippen LogP contribution in [0.2, 0.25) is 0 Å². The van der Waals surface area contributed by atoms with Gasteiger partial charge in [0.1, 0.15) is 0 Å². The van der Waals surface area contributed by atoms with E-state index < -0.39 is 5.79 Å². The Hall–Kier alpha value is -1.17. The molecule has 0 aromatic carbocycles. The van der Waals surface area contributed by atoms with E-state index in [0.29, 0.717) is 6.54 Å². The first-order valence-corrected chi connectivity index (χ1v) is 5.46. The van der Waals surface area contributed by atoms with Gasteiger partial charge in [-0.15, -0.1) is 0 Å². The Kier molecular flexibility index (Phi) is 7.45. The van der Waals surface area contributed by atoms with Crippen LogP contribution >= 0.6 is 0 Å². The molecule has 17 heavy (non-hydrogen) atoms. The number of carbonyl (C=O) groups is 1. The van der Waals surface area contributed by atoms with E-state index >= 15 is 0 Å². The van der Waals surface area contributed by atoms with Crippen LogP contribution in [-0.4, -0.2) is 39.0 Å². The van der Waals surface area contributed by atoms with Crippen molar-refractivity contribution in [1.29, 1.82) is 0 Å². The van der Waals surface area contributed by atoms with E-state index in [9.17, 15) is 4.79 Å². The topological polar surface area (TPSA) is 73.6 Å². The van der Waals surface area contributed by atoms with Gasteiger partial charge in [0.15, 0.2) is 0 Å². The maximum Gasteiger partial charge on any atom is 0.281 e. The molecule has 0 aromatic rings. The molecular formula is C12H22N2O3. The second-order valence-corrected chi connectivity index (χ2v) is 3.41. The molecule has 1 amide bonds.